The van der Waals surface area contributed by atoms with Crippen molar-refractivity contribution >= 4 is 21.7 Å². The van der Waals surface area contributed by atoms with Gasteiger partial charge in [-0.15, -0.1) is 0 Å². The van der Waals surface area contributed by atoms with Crippen molar-refractivity contribution in [2.24, 2.45) is 0 Å². The van der Waals surface area contributed by atoms with Gasteiger partial charge in [-0.3, -0.25) is 4.79 Å². The Morgan fingerprint density at radius 3 is 2.40 bits per heavy atom. The molecule has 5 rings (SSSR count). The SMILES string of the molecule is Cc1cccc(C2CCC(CNc3nc(C)nc(C(=O)N4CCC(N5CCC(N(C)S(C)(=O)=O)CC5)CC4)c3C)O2)c1. The van der Waals surface area contributed by atoms with Crippen molar-refractivity contribution in [1.82, 2.24) is 24.1 Å². The second-order valence-corrected chi connectivity index (χ2v) is 14.3. The van der Waals surface area contributed by atoms with Gasteiger partial charge in [0.2, 0.25) is 10.0 Å². The Bertz CT molecular complexity index is 1370. The van der Waals surface area contributed by atoms with Crippen molar-refractivity contribution < 1.29 is 17.9 Å². The van der Waals surface area contributed by atoms with Crippen LogP contribution < -0.4 is 5.32 Å². The van der Waals surface area contributed by atoms with Crippen LogP contribution >= 0.6 is 0 Å². The molecule has 11 heteroatoms. The standard InChI is InChI=1S/C31H46N6O4S/c1-21-7-6-8-24(19-21)28-10-9-27(41-28)20-32-30-22(2)29(33-23(3)34-30)31(38)37-17-13-26(14-18-37)36-15-11-25(12-16-36)35(4)42(5,39)40/h6-8,19,25-28H,9-18,20H2,1-5H3,(H,32,33,34). The van der Waals surface area contributed by atoms with E-state index in [1.807, 2.05) is 18.7 Å². The Balaban J connectivity index is 1.13. The van der Waals surface area contributed by atoms with Gasteiger partial charge in [-0.2, -0.15) is 0 Å². The van der Waals surface area contributed by atoms with E-state index < -0.39 is 10.0 Å². The third kappa shape index (κ3) is 7.12. The molecule has 3 saturated heterocycles. The highest BCUT2D eigenvalue weighted by Gasteiger charge is 2.33. The van der Waals surface area contributed by atoms with E-state index in [-0.39, 0.29) is 24.2 Å². The monoisotopic (exact) mass is 598 g/mol. The summed E-state index contributed by atoms with van der Waals surface area (Å²) in [6, 6.07) is 9.00. The number of aromatic nitrogens is 2. The molecule has 1 amide bonds. The first kappa shape index (κ1) is 30.8. The predicted octanol–water partition coefficient (Wildman–Crippen LogP) is 3.69. The number of anilines is 1. The normalized spacial score (nSPS) is 23.0. The number of carbonyl (C=O) groups is 1. The topological polar surface area (TPSA) is 108 Å². The van der Waals surface area contributed by atoms with Crippen LogP contribution in [0.25, 0.3) is 0 Å². The van der Waals surface area contributed by atoms with Crippen molar-refractivity contribution in [2.45, 2.75) is 83.6 Å². The van der Waals surface area contributed by atoms with Crippen LogP contribution in [0.5, 0.6) is 0 Å². The lowest BCUT2D eigenvalue weighted by Crippen LogP contribution is -2.52. The van der Waals surface area contributed by atoms with Gasteiger partial charge in [0.25, 0.3) is 5.91 Å². The number of nitrogens with one attached hydrogen (secondary N) is 1. The molecule has 10 nitrogen and oxygen atoms in total. The van der Waals surface area contributed by atoms with E-state index in [4.69, 9.17) is 4.74 Å². The number of likely N-dealkylation sites (tertiary alicyclic amines) is 2. The van der Waals surface area contributed by atoms with Crippen molar-refractivity contribution in [1.29, 1.82) is 0 Å². The summed E-state index contributed by atoms with van der Waals surface area (Å²) in [4.78, 5) is 27.2. The molecular formula is C31H46N6O4S. The summed E-state index contributed by atoms with van der Waals surface area (Å²) < 4.78 is 31.7. The highest BCUT2D eigenvalue weighted by atomic mass is 32.2. The van der Waals surface area contributed by atoms with Crippen LogP contribution in [-0.4, -0.2) is 103 Å². The minimum absolute atomic E-state index is 0.0374. The highest BCUT2D eigenvalue weighted by molar-refractivity contribution is 7.88. The summed E-state index contributed by atoms with van der Waals surface area (Å²) in [5, 5.41) is 3.45. The largest absolute Gasteiger partial charge is 0.368 e. The molecule has 42 heavy (non-hydrogen) atoms. The predicted molar refractivity (Wildman–Crippen MR) is 164 cm³/mol. The van der Waals surface area contributed by atoms with Gasteiger partial charge in [0.1, 0.15) is 17.3 Å². The lowest BCUT2D eigenvalue weighted by Gasteiger charge is -2.43. The molecule has 1 N–H and O–H groups in total. The van der Waals surface area contributed by atoms with Crippen LogP contribution in [-0.2, 0) is 14.8 Å². The van der Waals surface area contributed by atoms with Crippen molar-refractivity contribution in [2.75, 3.05) is 51.3 Å². The maximum absolute atomic E-state index is 13.6. The lowest BCUT2D eigenvalue weighted by molar-refractivity contribution is 0.0521. The smallest absolute Gasteiger partial charge is 0.272 e. The first-order valence-corrected chi connectivity index (χ1v) is 17.1. The number of sulfonamides is 1. The van der Waals surface area contributed by atoms with Crippen molar-refractivity contribution in [3.8, 4) is 0 Å². The van der Waals surface area contributed by atoms with Gasteiger partial charge in [0.15, 0.2) is 0 Å². The fourth-order valence-corrected chi connectivity index (χ4v) is 7.41. The van der Waals surface area contributed by atoms with Gasteiger partial charge >= 0.3 is 0 Å². The average molecular weight is 599 g/mol. The fourth-order valence-electron chi connectivity index (χ4n) is 6.66. The minimum Gasteiger partial charge on any atom is -0.368 e. The van der Waals surface area contributed by atoms with E-state index in [9.17, 15) is 13.2 Å². The molecule has 2 unspecified atom stereocenters. The number of piperidine rings is 2. The molecule has 0 saturated carbocycles. The number of benzene rings is 1. The van der Waals surface area contributed by atoms with Gasteiger partial charge in [0, 0.05) is 44.3 Å². The number of hydrogen-bond donors (Lipinski definition) is 1. The van der Waals surface area contributed by atoms with E-state index >= 15 is 0 Å². The van der Waals surface area contributed by atoms with Crippen molar-refractivity contribution in [3.05, 3.63) is 52.5 Å². The molecule has 1 aromatic carbocycles. The number of carbonyl (C=O) groups excluding carboxylic acids is 1. The summed E-state index contributed by atoms with van der Waals surface area (Å²) in [6.07, 6.45) is 6.95. The molecule has 0 bridgehead atoms. The number of nitrogens with zero attached hydrogens (tertiary/aromatic N) is 5. The first-order valence-electron chi connectivity index (χ1n) is 15.3. The Morgan fingerprint density at radius 2 is 1.74 bits per heavy atom. The molecule has 0 radical (unpaired) electrons. The summed E-state index contributed by atoms with van der Waals surface area (Å²) in [5.74, 6) is 1.24. The minimum atomic E-state index is -3.17. The summed E-state index contributed by atoms with van der Waals surface area (Å²) in [7, 11) is -1.49. The Morgan fingerprint density at radius 1 is 1.02 bits per heavy atom. The molecule has 1 aromatic heterocycles. The van der Waals surface area contributed by atoms with Gasteiger partial charge in [0.05, 0.1) is 18.5 Å². The maximum atomic E-state index is 13.6. The number of hydrogen-bond acceptors (Lipinski definition) is 8. The van der Waals surface area contributed by atoms with E-state index in [1.54, 1.807) is 7.05 Å². The molecule has 3 aliphatic rings. The quantitative estimate of drug-likeness (QED) is 0.490. The average Bonchev–Trinajstić information content (AvgIpc) is 3.45. The third-order valence-corrected chi connectivity index (χ3v) is 10.6. The van der Waals surface area contributed by atoms with Crippen LogP contribution in [0.2, 0.25) is 0 Å². The Labute approximate surface area is 250 Å². The molecule has 2 atom stereocenters. The third-order valence-electron chi connectivity index (χ3n) is 9.28. The Kier molecular flexibility index (Phi) is 9.51. The van der Waals surface area contributed by atoms with Crippen LogP contribution in [0.3, 0.4) is 0 Å². The molecule has 2 aromatic rings. The van der Waals surface area contributed by atoms with Gasteiger partial charge in [-0.1, -0.05) is 29.8 Å². The zero-order valence-electron chi connectivity index (χ0n) is 25.7. The molecular weight excluding hydrogens is 552 g/mol. The lowest BCUT2D eigenvalue weighted by atomic mass is 9.97. The van der Waals surface area contributed by atoms with E-state index in [0.717, 1.165) is 57.2 Å². The van der Waals surface area contributed by atoms with Crippen LogP contribution in [0.4, 0.5) is 5.82 Å². The second-order valence-electron chi connectivity index (χ2n) is 12.3. The summed E-state index contributed by atoms with van der Waals surface area (Å²) >= 11 is 0. The summed E-state index contributed by atoms with van der Waals surface area (Å²) in [6.45, 7) is 9.64. The number of rotatable bonds is 8. The molecule has 3 fully saturated rings. The van der Waals surface area contributed by atoms with Crippen LogP contribution in [0, 0.1) is 20.8 Å². The van der Waals surface area contributed by atoms with E-state index in [2.05, 4.69) is 51.4 Å². The number of ether oxygens (including phenoxy) is 1. The van der Waals surface area contributed by atoms with Gasteiger partial charge in [-0.05, 0) is 77.9 Å². The summed E-state index contributed by atoms with van der Waals surface area (Å²) in [5.41, 5.74) is 3.72. The van der Waals surface area contributed by atoms with Gasteiger partial charge in [-0.25, -0.2) is 22.7 Å². The zero-order valence-corrected chi connectivity index (χ0v) is 26.5. The van der Waals surface area contributed by atoms with Crippen LogP contribution in [0.1, 0.15) is 77.6 Å². The first-order chi connectivity index (χ1) is 20.0. The van der Waals surface area contributed by atoms with E-state index in [1.165, 1.54) is 21.7 Å². The van der Waals surface area contributed by atoms with Crippen LogP contribution in [0.15, 0.2) is 24.3 Å². The highest BCUT2D eigenvalue weighted by Crippen LogP contribution is 2.33. The zero-order chi connectivity index (χ0) is 30.0. The number of amides is 1. The molecule has 230 valence electrons. The molecule has 0 aliphatic carbocycles. The molecule has 4 heterocycles. The maximum Gasteiger partial charge on any atom is 0.272 e. The van der Waals surface area contributed by atoms with Gasteiger partial charge < -0.3 is 19.9 Å². The molecule has 0 spiro atoms. The fraction of sp³-hybridized carbons (Fsp3) is 0.645. The number of aryl methyl sites for hydroxylation is 2. The second kappa shape index (κ2) is 13.0. The molecule has 3 aliphatic heterocycles. The Hall–Kier alpha value is -2.60. The van der Waals surface area contributed by atoms with Crippen molar-refractivity contribution in [3.63, 3.8) is 0 Å². The van der Waals surface area contributed by atoms with E-state index in [0.29, 0.717) is 43.0 Å².